The highest BCUT2D eigenvalue weighted by Crippen LogP contribution is 2.19. The first-order valence-electron chi connectivity index (χ1n) is 7.54. The van der Waals surface area contributed by atoms with E-state index in [2.05, 4.69) is 22.4 Å². The van der Waals surface area contributed by atoms with Crippen molar-refractivity contribution in [1.82, 2.24) is 10.8 Å². The molecule has 1 amide bonds. The third-order valence-corrected chi connectivity index (χ3v) is 3.49. The van der Waals surface area contributed by atoms with Gasteiger partial charge >= 0.3 is 0 Å². The van der Waals surface area contributed by atoms with E-state index in [1.54, 1.807) is 44.3 Å². The summed E-state index contributed by atoms with van der Waals surface area (Å²) in [6, 6.07) is 7.00. The zero-order valence-corrected chi connectivity index (χ0v) is 13.7. The highest BCUT2D eigenvalue weighted by Gasteiger charge is 2.22. The number of nitrogens with one attached hydrogen (secondary N) is 2. The topological polar surface area (TPSA) is 62.7 Å². The van der Waals surface area contributed by atoms with Crippen molar-refractivity contribution < 1.29 is 14.0 Å². The molecule has 2 N–H and O–H groups in total. The molecule has 24 heavy (non-hydrogen) atoms. The minimum atomic E-state index is -0.551. The van der Waals surface area contributed by atoms with Crippen LogP contribution in [0.2, 0.25) is 0 Å². The Hall–Kier alpha value is -2.73. The van der Waals surface area contributed by atoms with Crippen LogP contribution in [0.25, 0.3) is 0 Å². The molecule has 0 radical (unpaired) electrons. The van der Waals surface area contributed by atoms with Crippen LogP contribution in [-0.2, 0) is 4.84 Å². The van der Waals surface area contributed by atoms with Gasteiger partial charge in [0.1, 0.15) is 11.9 Å². The molecular formula is C18H20FN3O2. The van der Waals surface area contributed by atoms with E-state index in [9.17, 15) is 9.18 Å². The Morgan fingerprint density at radius 2 is 2.33 bits per heavy atom. The van der Waals surface area contributed by atoms with Gasteiger partial charge in [-0.05, 0) is 25.1 Å². The summed E-state index contributed by atoms with van der Waals surface area (Å²) >= 11 is 0. The zero-order chi connectivity index (χ0) is 17.5. The van der Waals surface area contributed by atoms with Crippen LogP contribution in [0.15, 0.2) is 65.5 Å². The van der Waals surface area contributed by atoms with Crippen molar-refractivity contribution in [1.29, 1.82) is 0 Å². The van der Waals surface area contributed by atoms with Crippen molar-refractivity contribution in [3.05, 3.63) is 71.6 Å². The first-order chi connectivity index (χ1) is 11.6. The van der Waals surface area contributed by atoms with Gasteiger partial charge in [0.2, 0.25) is 0 Å². The molecule has 1 aromatic rings. The minimum absolute atomic E-state index is 0.182. The lowest BCUT2D eigenvalue weighted by molar-refractivity contribution is 0.0294. The predicted molar refractivity (Wildman–Crippen MR) is 92.4 cm³/mol. The average Bonchev–Trinajstić information content (AvgIpc) is 2.65. The summed E-state index contributed by atoms with van der Waals surface area (Å²) < 4.78 is 13.9. The van der Waals surface area contributed by atoms with E-state index in [4.69, 9.17) is 4.84 Å². The van der Waals surface area contributed by atoms with Crippen LogP contribution in [0, 0.1) is 0 Å². The molecule has 6 heteroatoms. The molecule has 0 bridgehead atoms. The minimum Gasteiger partial charge on any atom is -0.355 e. The third kappa shape index (κ3) is 3.97. The number of hydrogen-bond donors (Lipinski definition) is 2. The van der Waals surface area contributed by atoms with Gasteiger partial charge in [-0.2, -0.15) is 0 Å². The highest BCUT2D eigenvalue weighted by atomic mass is 19.1. The van der Waals surface area contributed by atoms with Crippen molar-refractivity contribution in [2.75, 3.05) is 13.6 Å². The molecule has 0 aromatic heterocycles. The fourth-order valence-corrected chi connectivity index (χ4v) is 2.27. The molecule has 0 spiro atoms. The molecule has 0 saturated heterocycles. The van der Waals surface area contributed by atoms with E-state index in [-0.39, 0.29) is 12.5 Å². The molecular weight excluding hydrogens is 309 g/mol. The number of carbonyl (C=O) groups excluding carboxylic acids is 1. The molecule has 2 rings (SSSR count). The van der Waals surface area contributed by atoms with Crippen LogP contribution in [0.1, 0.15) is 22.8 Å². The first-order valence-corrected chi connectivity index (χ1v) is 7.54. The summed E-state index contributed by atoms with van der Waals surface area (Å²) in [6.45, 7) is 5.49. The average molecular weight is 329 g/mol. The summed E-state index contributed by atoms with van der Waals surface area (Å²) in [5.41, 5.74) is 4.35. The number of aliphatic imine (C=N–C) groups is 1. The Kier molecular flexibility index (Phi) is 6.03. The van der Waals surface area contributed by atoms with Crippen molar-refractivity contribution in [3.63, 3.8) is 0 Å². The maximum absolute atomic E-state index is 13.9. The van der Waals surface area contributed by atoms with E-state index in [0.29, 0.717) is 17.0 Å². The fraction of sp³-hybridized carbons (Fsp3) is 0.222. The van der Waals surface area contributed by atoms with Gasteiger partial charge in [-0.25, -0.2) is 9.87 Å². The number of allylic oxidation sites excluding steroid dienone is 3. The number of hydroxylamine groups is 1. The molecule has 1 aliphatic rings. The SMILES string of the molecule is C=C/C(F)=C(\C=C/C)C1CN=C(c2cccc(C(=O)NC)c2)NO1. The molecule has 126 valence electrons. The molecule has 1 heterocycles. The van der Waals surface area contributed by atoms with Crippen LogP contribution in [0.4, 0.5) is 4.39 Å². The summed E-state index contributed by atoms with van der Waals surface area (Å²) in [7, 11) is 1.57. The molecule has 0 fully saturated rings. The second kappa shape index (κ2) is 8.21. The number of halogens is 1. The van der Waals surface area contributed by atoms with E-state index < -0.39 is 11.9 Å². The normalized spacial score (nSPS) is 18.5. The van der Waals surface area contributed by atoms with Gasteiger partial charge in [0.15, 0.2) is 5.84 Å². The lowest BCUT2D eigenvalue weighted by Crippen LogP contribution is -2.38. The van der Waals surface area contributed by atoms with Gasteiger partial charge < -0.3 is 5.32 Å². The zero-order valence-electron chi connectivity index (χ0n) is 13.7. The van der Waals surface area contributed by atoms with Crippen molar-refractivity contribution >= 4 is 11.7 Å². The van der Waals surface area contributed by atoms with Gasteiger partial charge in [-0.15, -0.1) is 0 Å². The Balaban J connectivity index is 2.22. The number of amidine groups is 1. The smallest absolute Gasteiger partial charge is 0.251 e. The Bertz CT molecular complexity index is 723. The van der Waals surface area contributed by atoms with Crippen LogP contribution in [0.3, 0.4) is 0 Å². The number of rotatable bonds is 5. The van der Waals surface area contributed by atoms with E-state index in [0.717, 1.165) is 11.6 Å². The van der Waals surface area contributed by atoms with Gasteiger partial charge in [-0.1, -0.05) is 30.9 Å². The van der Waals surface area contributed by atoms with Crippen LogP contribution >= 0.6 is 0 Å². The summed E-state index contributed by atoms with van der Waals surface area (Å²) in [6.07, 6.45) is 3.96. The molecule has 1 aliphatic heterocycles. The summed E-state index contributed by atoms with van der Waals surface area (Å²) in [4.78, 5) is 21.6. The molecule has 5 nitrogen and oxygen atoms in total. The molecule has 1 atom stereocenters. The summed E-state index contributed by atoms with van der Waals surface area (Å²) in [5.74, 6) is -0.130. The lowest BCUT2D eigenvalue weighted by atomic mass is 10.1. The van der Waals surface area contributed by atoms with Gasteiger partial charge in [0.05, 0.1) is 6.54 Å². The van der Waals surface area contributed by atoms with Gasteiger partial charge in [0, 0.05) is 23.7 Å². The molecule has 0 aliphatic carbocycles. The van der Waals surface area contributed by atoms with Crippen LogP contribution < -0.4 is 10.8 Å². The summed E-state index contributed by atoms with van der Waals surface area (Å²) in [5, 5.41) is 2.57. The van der Waals surface area contributed by atoms with Gasteiger partial charge in [0.25, 0.3) is 5.91 Å². The largest absolute Gasteiger partial charge is 0.355 e. The van der Waals surface area contributed by atoms with E-state index >= 15 is 0 Å². The molecule has 0 saturated carbocycles. The van der Waals surface area contributed by atoms with Crippen LogP contribution in [0.5, 0.6) is 0 Å². The maximum Gasteiger partial charge on any atom is 0.251 e. The van der Waals surface area contributed by atoms with Crippen molar-refractivity contribution in [2.24, 2.45) is 4.99 Å². The first kappa shape index (κ1) is 17.6. The number of benzene rings is 1. The molecule has 1 unspecified atom stereocenters. The van der Waals surface area contributed by atoms with Gasteiger partial charge in [-0.3, -0.25) is 14.6 Å². The lowest BCUT2D eigenvalue weighted by Gasteiger charge is -2.24. The van der Waals surface area contributed by atoms with Crippen molar-refractivity contribution in [2.45, 2.75) is 13.0 Å². The fourth-order valence-electron chi connectivity index (χ4n) is 2.27. The number of amides is 1. The Labute approximate surface area is 140 Å². The second-order valence-corrected chi connectivity index (χ2v) is 5.07. The highest BCUT2D eigenvalue weighted by molar-refractivity contribution is 6.01. The standard InChI is InChI=1S/C18H20FN3O2/c1-4-7-14(15(19)5-2)16-11-21-17(22-24-16)12-8-6-9-13(10-12)18(23)20-3/h4-10,16H,2,11H2,1,3H3,(H,20,23)(H,21,22)/b7-4-,15-14-. The van der Waals surface area contributed by atoms with E-state index in [1.807, 2.05) is 6.07 Å². The monoisotopic (exact) mass is 329 g/mol. The number of hydrogen-bond acceptors (Lipinski definition) is 4. The predicted octanol–water partition coefficient (Wildman–Crippen LogP) is 2.68. The number of carbonyl (C=O) groups is 1. The number of nitrogens with zero attached hydrogens (tertiary/aromatic N) is 1. The van der Waals surface area contributed by atoms with Crippen LogP contribution in [-0.4, -0.2) is 31.4 Å². The Morgan fingerprint density at radius 1 is 1.54 bits per heavy atom. The molecule has 1 aromatic carbocycles. The second-order valence-electron chi connectivity index (χ2n) is 5.07. The maximum atomic E-state index is 13.9. The van der Waals surface area contributed by atoms with E-state index in [1.165, 1.54) is 0 Å². The Morgan fingerprint density at radius 3 is 2.92 bits per heavy atom. The quantitative estimate of drug-likeness (QED) is 0.817. The van der Waals surface area contributed by atoms with Crippen molar-refractivity contribution in [3.8, 4) is 0 Å². The third-order valence-electron chi connectivity index (χ3n) is 3.49.